The Kier molecular flexibility index (Phi) is 4.42. The predicted octanol–water partition coefficient (Wildman–Crippen LogP) is 4.90. The number of allylic oxidation sites excluding steroid dienone is 2. The second-order valence-electron chi connectivity index (χ2n) is 10.3. The second kappa shape index (κ2) is 7.14. The molecule has 2 saturated carbocycles. The van der Waals surface area contributed by atoms with Crippen LogP contribution >= 0.6 is 0 Å². The Bertz CT molecular complexity index is 1170. The van der Waals surface area contributed by atoms with E-state index in [9.17, 15) is 14.4 Å². The molecule has 2 aromatic carbocycles. The van der Waals surface area contributed by atoms with Crippen molar-refractivity contribution in [1.29, 1.82) is 0 Å². The van der Waals surface area contributed by atoms with Gasteiger partial charge in [0.05, 0.1) is 23.1 Å². The number of hydrogen-bond donors (Lipinski definition) is 0. The number of aryl methyl sites for hydroxylation is 1. The molecule has 0 unspecified atom stereocenters. The third kappa shape index (κ3) is 3.01. The quantitative estimate of drug-likeness (QED) is 0.293. The van der Waals surface area contributed by atoms with Crippen molar-refractivity contribution in [1.82, 2.24) is 0 Å². The normalized spacial score (nSPS) is 31.1. The van der Waals surface area contributed by atoms with Gasteiger partial charge in [-0.25, -0.2) is 4.79 Å². The van der Waals surface area contributed by atoms with Gasteiger partial charge >= 0.3 is 5.97 Å². The first-order valence-electron chi connectivity index (χ1n) is 11.8. The second-order valence-corrected chi connectivity index (χ2v) is 10.3. The molecular formula is C28H27NO4. The Morgan fingerprint density at radius 1 is 0.939 bits per heavy atom. The predicted molar refractivity (Wildman–Crippen MR) is 124 cm³/mol. The number of rotatable bonds is 4. The van der Waals surface area contributed by atoms with Gasteiger partial charge in [-0.05, 0) is 84.4 Å². The lowest BCUT2D eigenvalue weighted by atomic mass is 9.63. The highest BCUT2D eigenvalue weighted by atomic mass is 16.5. The molecule has 4 aliphatic carbocycles. The number of nitrogens with zero attached hydrogens (tertiary/aromatic N) is 1. The lowest BCUT2D eigenvalue weighted by Crippen LogP contribution is -2.40. The van der Waals surface area contributed by atoms with E-state index in [1.165, 1.54) is 4.90 Å². The van der Waals surface area contributed by atoms with Crippen LogP contribution in [0.4, 0.5) is 5.69 Å². The summed E-state index contributed by atoms with van der Waals surface area (Å²) in [4.78, 5) is 40.7. The van der Waals surface area contributed by atoms with Crippen LogP contribution in [0.1, 0.15) is 47.7 Å². The van der Waals surface area contributed by atoms with E-state index >= 15 is 0 Å². The van der Waals surface area contributed by atoms with E-state index in [2.05, 4.69) is 26.0 Å². The summed E-state index contributed by atoms with van der Waals surface area (Å²) in [6.07, 6.45) is 5.49. The van der Waals surface area contributed by atoms with Gasteiger partial charge in [-0.3, -0.25) is 14.5 Å². The first-order chi connectivity index (χ1) is 15.8. The van der Waals surface area contributed by atoms with E-state index in [0.29, 0.717) is 28.8 Å². The smallest absolute Gasteiger partial charge is 0.343 e. The SMILES string of the molecule is Cc1ccc(C(C)C)c(OC(=O)c2ccc(N3C(=O)[C@H]4[C@@H]5C=C[C@H]([C@H]6C[C@H]56)[C@@H]4C3=O)cc2)c1. The standard InChI is InChI=1S/C28H27NO4/c1-14(2)18-9-4-15(3)12-23(18)33-28(32)16-5-7-17(8-6-16)29-26(30)24-19-10-11-20(22-13-21(19)22)25(24)27(29)31/h4-12,14,19-22,24-25H,13H2,1-3H3/t19-,20-,21-,22-,24+,25+/m1/s1. The van der Waals surface area contributed by atoms with E-state index < -0.39 is 5.97 Å². The largest absolute Gasteiger partial charge is 0.423 e. The van der Waals surface area contributed by atoms with Crippen LogP contribution in [0.2, 0.25) is 0 Å². The average molecular weight is 442 g/mol. The molecule has 0 radical (unpaired) electrons. The zero-order chi connectivity index (χ0) is 23.0. The van der Waals surface area contributed by atoms with Crippen molar-refractivity contribution < 1.29 is 19.1 Å². The topological polar surface area (TPSA) is 63.7 Å². The number of ether oxygens (including phenoxy) is 1. The third-order valence-corrected chi connectivity index (χ3v) is 8.02. The Balaban J connectivity index is 1.23. The first kappa shape index (κ1) is 20.4. The van der Waals surface area contributed by atoms with Gasteiger partial charge in [0.2, 0.25) is 11.8 Å². The minimum absolute atomic E-state index is 0.0913. The summed E-state index contributed by atoms with van der Waals surface area (Å²) in [5, 5.41) is 0. The number of esters is 1. The summed E-state index contributed by atoms with van der Waals surface area (Å²) in [5.74, 6) is 1.25. The molecule has 1 saturated heterocycles. The van der Waals surface area contributed by atoms with Crippen LogP contribution in [0, 0.1) is 42.4 Å². The van der Waals surface area contributed by atoms with Gasteiger partial charge in [-0.1, -0.05) is 38.1 Å². The molecule has 2 aromatic rings. The van der Waals surface area contributed by atoms with Crippen molar-refractivity contribution in [2.45, 2.75) is 33.1 Å². The van der Waals surface area contributed by atoms with Crippen LogP contribution in [-0.4, -0.2) is 17.8 Å². The van der Waals surface area contributed by atoms with Crippen molar-refractivity contribution in [2.24, 2.45) is 35.5 Å². The highest BCUT2D eigenvalue weighted by molar-refractivity contribution is 6.22. The molecule has 1 aliphatic heterocycles. The zero-order valence-corrected chi connectivity index (χ0v) is 19.0. The van der Waals surface area contributed by atoms with Gasteiger partial charge in [0, 0.05) is 0 Å². The number of hydrogen-bond acceptors (Lipinski definition) is 4. The minimum Gasteiger partial charge on any atom is -0.423 e. The Labute approximate surface area is 193 Å². The fraction of sp³-hybridized carbons (Fsp3) is 0.393. The van der Waals surface area contributed by atoms with Crippen LogP contribution < -0.4 is 9.64 Å². The van der Waals surface area contributed by atoms with Crippen LogP contribution in [-0.2, 0) is 9.59 Å². The maximum atomic E-state index is 13.3. The summed E-state index contributed by atoms with van der Waals surface area (Å²) in [6, 6.07) is 12.5. The number of imide groups is 1. The molecule has 0 N–H and O–H groups in total. The number of amides is 2. The van der Waals surface area contributed by atoms with Crippen LogP contribution in [0.5, 0.6) is 5.75 Å². The highest BCUT2D eigenvalue weighted by Crippen LogP contribution is 2.65. The zero-order valence-electron chi connectivity index (χ0n) is 19.0. The number of carbonyl (C=O) groups excluding carboxylic acids is 3. The molecule has 5 heteroatoms. The van der Waals surface area contributed by atoms with E-state index in [-0.39, 0.29) is 41.4 Å². The molecular weight excluding hydrogens is 414 g/mol. The maximum Gasteiger partial charge on any atom is 0.343 e. The number of carbonyl (C=O) groups is 3. The summed E-state index contributed by atoms with van der Waals surface area (Å²) < 4.78 is 5.72. The molecule has 5 nitrogen and oxygen atoms in total. The van der Waals surface area contributed by atoms with Crippen molar-refractivity contribution in [2.75, 3.05) is 4.90 Å². The van der Waals surface area contributed by atoms with Crippen LogP contribution in [0.15, 0.2) is 54.6 Å². The molecule has 168 valence electrons. The van der Waals surface area contributed by atoms with Crippen molar-refractivity contribution in [3.8, 4) is 5.75 Å². The number of anilines is 1. The van der Waals surface area contributed by atoms with Gasteiger partial charge in [0.25, 0.3) is 0 Å². The molecule has 5 aliphatic rings. The Hall–Kier alpha value is -3.21. The van der Waals surface area contributed by atoms with Crippen LogP contribution in [0.3, 0.4) is 0 Å². The van der Waals surface area contributed by atoms with Crippen molar-refractivity contribution in [3.63, 3.8) is 0 Å². The molecule has 1 heterocycles. The van der Waals surface area contributed by atoms with E-state index in [0.717, 1.165) is 17.5 Å². The molecule has 0 aromatic heterocycles. The average Bonchev–Trinajstić information content (AvgIpc) is 3.57. The van der Waals surface area contributed by atoms with E-state index in [1.807, 2.05) is 25.1 Å². The summed E-state index contributed by atoms with van der Waals surface area (Å²) in [6.45, 7) is 6.08. The Morgan fingerprint density at radius 2 is 1.55 bits per heavy atom. The fourth-order valence-electron chi connectivity index (χ4n) is 6.32. The van der Waals surface area contributed by atoms with Crippen LogP contribution in [0.25, 0.3) is 0 Å². The van der Waals surface area contributed by atoms with Crippen molar-refractivity contribution >= 4 is 23.5 Å². The molecule has 2 bridgehead atoms. The van der Waals surface area contributed by atoms with E-state index in [4.69, 9.17) is 4.74 Å². The molecule has 2 amide bonds. The summed E-state index contributed by atoms with van der Waals surface area (Å²) in [7, 11) is 0. The highest BCUT2D eigenvalue weighted by Gasteiger charge is 2.67. The molecule has 3 fully saturated rings. The van der Waals surface area contributed by atoms with Gasteiger partial charge in [-0.15, -0.1) is 0 Å². The summed E-state index contributed by atoms with van der Waals surface area (Å²) >= 11 is 0. The van der Waals surface area contributed by atoms with Gasteiger partial charge in [-0.2, -0.15) is 0 Å². The first-order valence-corrected chi connectivity index (χ1v) is 11.8. The molecule has 33 heavy (non-hydrogen) atoms. The monoisotopic (exact) mass is 441 g/mol. The van der Waals surface area contributed by atoms with Gasteiger partial charge < -0.3 is 4.74 Å². The molecule has 7 rings (SSSR count). The molecule has 6 atom stereocenters. The Morgan fingerprint density at radius 3 is 2.12 bits per heavy atom. The van der Waals surface area contributed by atoms with Gasteiger partial charge in [0.15, 0.2) is 0 Å². The van der Waals surface area contributed by atoms with Crippen molar-refractivity contribution in [3.05, 3.63) is 71.3 Å². The van der Waals surface area contributed by atoms with Gasteiger partial charge in [0.1, 0.15) is 5.75 Å². The fourth-order valence-corrected chi connectivity index (χ4v) is 6.32. The maximum absolute atomic E-state index is 13.3. The minimum atomic E-state index is -0.455. The summed E-state index contributed by atoms with van der Waals surface area (Å²) in [5.41, 5.74) is 2.91. The number of benzene rings is 2. The third-order valence-electron chi connectivity index (χ3n) is 8.02. The lowest BCUT2D eigenvalue weighted by molar-refractivity contribution is -0.124. The molecule has 0 spiro atoms. The lowest BCUT2D eigenvalue weighted by Gasteiger charge is -2.37. The van der Waals surface area contributed by atoms with E-state index in [1.54, 1.807) is 24.3 Å².